The molecule has 33 heavy (non-hydrogen) atoms. The van der Waals surface area contributed by atoms with E-state index in [1.165, 1.54) is 24.0 Å². The minimum atomic E-state index is -0.260. The van der Waals surface area contributed by atoms with Crippen LogP contribution in [0.2, 0.25) is 0 Å². The van der Waals surface area contributed by atoms with Crippen LogP contribution in [0.4, 0.5) is 0 Å². The smallest absolute Gasteiger partial charge is 0.273 e. The Labute approximate surface area is 192 Å². The van der Waals surface area contributed by atoms with E-state index in [9.17, 15) is 4.79 Å². The van der Waals surface area contributed by atoms with Crippen molar-refractivity contribution in [1.82, 2.24) is 35.5 Å². The Kier molecular flexibility index (Phi) is 6.10. The number of nitrogens with zero attached hydrogens (tertiary/aromatic N) is 6. The van der Waals surface area contributed by atoms with Gasteiger partial charge in [0.1, 0.15) is 0 Å². The third kappa shape index (κ3) is 5.24. The highest BCUT2D eigenvalue weighted by atomic mass is 16.5. The van der Waals surface area contributed by atoms with Gasteiger partial charge in [0.2, 0.25) is 5.88 Å². The SMILES string of the molecule is COc1cc(CNC(=O)c2cn(CCCCc3cc4c(nn3)CC(C3CC3)=C4)nn2)ccn1. The summed E-state index contributed by atoms with van der Waals surface area (Å²) < 4.78 is 6.81. The highest BCUT2D eigenvalue weighted by Gasteiger charge is 2.29. The van der Waals surface area contributed by atoms with Crippen molar-refractivity contribution in [1.29, 1.82) is 0 Å². The van der Waals surface area contributed by atoms with Crippen molar-refractivity contribution in [2.45, 2.75) is 51.6 Å². The van der Waals surface area contributed by atoms with Gasteiger partial charge in [0.25, 0.3) is 5.91 Å². The molecular weight excluding hydrogens is 418 g/mol. The summed E-state index contributed by atoms with van der Waals surface area (Å²) in [7, 11) is 1.56. The van der Waals surface area contributed by atoms with E-state index in [1.807, 2.05) is 6.07 Å². The van der Waals surface area contributed by atoms with Gasteiger partial charge in [-0.25, -0.2) is 4.98 Å². The number of carbonyl (C=O) groups excluding carboxylic acids is 1. The predicted octanol–water partition coefficient (Wildman–Crippen LogP) is 2.77. The number of aryl methyl sites for hydroxylation is 2. The van der Waals surface area contributed by atoms with Crippen LogP contribution in [-0.4, -0.2) is 43.2 Å². The molecule has 170 valence electrons. The maximum Gasteiger partial charge on any atom is 0.273 e. The fourth-order valence-corrected chi connectivity index (χ4v) is 4.06. The first-order chi connectivity index (χ1) is 16.2. The largest absolute Gasteiger partial charge is 0.481 e. The van der Waals surface area contributed by atoms with Gasteiger partial charge in [-0.2, -0.15) is 10.2 Å². The molecule has 5 rings (SSSR count). The molecule has 0 unspecified atom stereocenters. The molecule has 0 radical (unpaired) electrons. The standard InChI is InChI=1S/C24H27N7O2/c1-33-23-10-16(7-8-25-23)14-26-24(32)22-15-31(30-29-22)9-3-2-4-20-12-19-11-18(17-5-6-17)13-21(19)28-27-20/h7-8,10-12,15,17H,2-6,9,13-14H2,1H3,(H,26,32). The first kappa shape index (κ1) is 21.2. The number of carbonyl (C=O) groups is 1. The maximum absolute atomic E-state index is 12.4. The van der Waals surface area contributed by atoms with Crippen molar-refractivity contribution >= 4 is 12.0 Å². The minimum absolute atomic E-state index is 0.260. The van der Waals surface area contributed by atoms with Gasteiger partial charge in [-0.3, -0.25) is 9.48 Å². The van der Waals surface area contributed by atoms with Gasteiger partial charge < -0.3 is 10.1 Å². The van der Waals surface area contributed by atoms with Crippen LogP contribution in [0.3, 0.4) is 0 Å². The number of ether oxygens (including phenoxy) is 1. The molecule has 3 aromatic heterocycles. The molecule has 0 atom stereocenters. The summed E-state index contributed by atoms with van der Waals surface area (Å²) in [6, 6.07) is 5.80. The number of methoxy groups -OCH3 is 1. The quantitative estimate of drug-likeness (QED) is 0.478. The molecule has 1 saturated carbocycles. The number of rotatable bonds is 10. The topological polar surface area (TPSA) is 108 Å². The second-order valence-corrected chi connectivity index (χ2v) is 8.62. The number of pyridine rings is 1. The van der Waals surface area contributed by atoms with Crippen LogP contribution in [0.25, 0.3) is 6.08 Å². The van der Waals surface area contributed by atoms with Crippen molar-refractivity contribution in [2.75, 3.05) is 7.11 Å². The highest BCUT2D eigenvalue weighted by molar-refractivity contribution is 5.91. The number of amides is 1. The zero-order valence-corrected chi connectivity index (χ0v) is 18.7. The fourth-order valence-electron chi connectivity index (χ4n) is 4.06. The average molecular weight is 446 g/mol. The number of fused-ring (bicyclic) bond motifs is 1. The van der Waals surface area contributed by atoms with Crippen LogP contribution < -0.4 is 10.1 Å². The van der Waals surface area contributed by atoms with Gasteiger partial charge in [-0.15, -0.1) is 5.10 Å². The summed E-state index contributed by atoms with van der Waals surface area (Å²) in [5.74, 6) is 1.04. The molecule has 0 saturated heterocycles. The van der Waals surface area contributed by atoms with Gasteiger partial charge in [0.15, 0.2) is 5.69 Å². The highest BCUT2D eigenvalue weighted by Crippen LogP contribution is 2.41. The van der Waals surface area contributed by atoms with E-state index in [2.05, 4.69) is 43.0 Å². The molecule has 0 spiro atoms. The van der Waals surface area contributed by atoms with Crippen LogP contribution in [0, 0.1) is 5.92 Å². The lowest BCUT2D eigenvalue weighted by atomic mass is 10.1. The summed E-state index contributed by atoms with van der Waals surface area (Å²) in [5, 5.41) is 19.8. The Morgan fingerprint density at radius 1 is 1.21 bits per heavy atom. The lowest BCUT2D eigenvalue weighted by Gasteiger charge is -2.04. The first-order valence-electron chi connectivity index (χ1n) is 11.4. The predicted molar refractivity (Wildman–Crippen MR) is 121 cm³/mol. The van der Waals surface area contributed by atoms with Crippen molar-refractivity contribution < 1.29 is 9.53 Å². The zero-order valence-electron chi connectivity index (χ0n) is 18.7. The van der Waals surface area contributed by atoms with Crippen molar-refractivity contribution in [3.05, 3.63) is 64.4 Å². The zero-order chi connectivity index (χ0) is 22.6. The summed E-state index contributed by atoms with van der Waals surface area (Å²) in [6.45, 7) is 1.07. The number of aromatic nitrogens is 6. The number of allylic oxidation sites excluding steroid dienone is 1. The Hall–Kier alpha value is -3.62. The van der Waals surface area contributed by atoms with Crippen molar-refractivity contribution in [3.8, 4) is 5.88 Å². The van der Waals surface area contributed by atoms with E-state index < -0.39 is 0 Å². The number of unbranched alkanes of at least 4 members (excludes halogenated alkanes) is 1. The van der Waals surface area contributed by atoms with Gasteiger partial charge >= 0.3 is 0 Å². The summed E-state index contributed by atoms with van der Waals surface area (Å²) in [6.07, 6.45) is 12.0. The fraction of sp³-hybridized carbons (Fsp3) is 0.417. The van der Waals surface area contributed by atoms with Crippen LogP contribution in [0.5, 0.6) is 5.88 Å². The second kappa shape index (κ2) is 9.48. The van der Waals surface area contributed by atoms with Gasteiger partial charge in [0, 0.05) is 31.8 Å². The molecule has 9 heteroatoms. The summed E-state index contributed by atoms with van der Waals surface area (Å²) in [4.78, 5) is 16.4. The third-order valence-electron chi connectivity index (χ3n) is 6.07. The van der Waals surface area contributed by atoms with E-state index in [0.717, 1.165) is 48.6 Å². The van der Waals surface area contributed by atoms with Crippen LogP contribution in [0.15, 0.2) is 36.2 Å². The number of hydrogen-bond acceptors (Lipinski definition) is 7. The minimum Gasteiger partial charge on any atom is -0.481 e. The Morgan fingerprint density at radius 3 is 2.97 bits per heavy atom. The summed E-state index contributed by atoms with van der Waals surface area (Å²) in [5.41, 5.74) is 6.14. The molecule has 9 nitrogen and oxygen atoms in total. The van der Waals surface area contributed by atoms with Crippen molar-refractivity contribution in [3.63, 3.8) is 0 Å². The number of nitrogens with one attached hydrogen (secondary N) is 1. The molecule has 0 bridgehead atoms. The molecule has 0 aliphatic heterocycles. The molecule has 3 heterocycles. The number of hydrogen-bond donors (Lipinski definition) is 1. The molecular formula is C24H27N7O2. The molecule has 1 N–H and O–H groups in total. The van der Waals surface area contributed by atoms with Gasteiger partial charge in [-0.1, -0.05) is 16.9 Å². The van der Waals surface area contributed by atoms with E-state index in [4.69, 9.17) is 4.74 Å². The van der Waals surface area contributed by atoms with E-state index in [0.29, 0.717) is 24.7 Å². The molecule has 3 aromatic rings. The monoisotopic (exact) mass is 445 g/mol. The molecule has 1 fully saturated rings. The van der Waals surface area contributed by atoms with E-state index in [-0.39, 0.29) is 5.91 Å². The average Bonchev–Trinajstić information content (AvgIpc) is 3.43. The van der Waals surface area contributed by atoms with Crippen LogP contribution >= 0.6 is 0 Å². The Bertz CT molecular complexity index is 1180. The van der Waals surface area contributed by atoms with Gasteiger partial charge in [0.05, 0.1) is 24.7 Å². The van der Waals surface area contributed by atoms with Crippen LogP contribution in [-0.2, 0) is 25.9 Å². The lowest BCUT2D eigenvalue weighted by molar-refractivity contribution is 0.0945. The Balaban J connectivity index is 1.06. The van der Waals surface area contributed by atoms with Crippen LogP contribution in [0.1, 0.15) is 58.7 Å². The molecule has 2 aliphatic rings. The van der Waals surface area contributed by atoms with Crippen molar-refractivity contribution in [2.24, 2.45) is 5.92 Å². The normalized spacial score (nSPS) is 14.6. The van der Waals surface area contributed by atoms with Gasteiger partial charge in [-0.05, 0) is 61.3 Å². The first-order valence-corrected chi connectivity index (χ1v) is 11.4. The maximum atomic E-state index is 12.4. The molecule has 2 aliphatic carbocycles. The second-order valence-electron chi connectivity index (χ2n) is 8.62. The van der Waals surface area contributed by atoms with E-state index >= 15 is 0 Å². The van der Waals surface area contributed by atoms with E-state index in [1.54, 1.807) is 30.3 Å². The lowest BCUT2D eigenvalue weighted by Crippen LogP contribution is -2.23. The molecule has 1 amide bonds. The third-order valence-corrected chi connectivity index (χ3v) is 6.07. The molecule has 0 aromatic carbocycles. The Morgan fingerprint density at radius 2 is 2.12 bits per heavy atom. The summed E-state index contributed by atoms with van der Waals surface area (Å²) >= 11 is 0.